The van der Waals surface area contributed by atoms with Crippen LogP contribution in [0.5, 0.6) is 0 Å². The Morgan fingerprint density at radius 1 is 1.35 bits per heavy atom. The molecule has 0 atom stereocenters. The van der Waals surface area contributed by atoms with E-state index < -0.39 is 0 Å². The number of carbonyl (C=O) groups is 1. The Balaban J connectivity index is 1.80. The van der Waals surface area contributed by atoms with Crippen LogP contribution in [0.2, 0.25) is 5.02 Å². The van der Waals surface area contributed by atoms with Crippen LogP contribution >= 0.6 is 23.4 Å². The number of halogens is 1. The number of nitrogens with two attached hydrogens (primary N) is 1. The average molecular weight is 309 g/mol. The fourth-order valence-electron chi connectivity index (χ4n) is 1.48. The molecule has 7 heteroatoms. The molecule has 0 spiro atoms. The molecule has 2 aromatic rings. The number of anilines is 2. The summed E-state index contributed by atoms with van der Waals surface area (Å²) < 4.78 is 0. The molecule has 5 nitrogen and oxygen atoms in total. The molecule has 0 aliphatic rings. The highest BCUT2D eigenvalue weighted by atomic mass is 35.5. The van der Waals surface area contributed by atoms with Gasteiger partial charge in [0.25, 0.3) is 0 Å². The molecule has 104 valence electrons. The monoisotopic (exact) mass is 308 g/mol. The first-order valence-corrected chi connectivity index (χ1v) is 7.26. The highest BCUT2D eigenvalue weighted by Gasteiger charge is 2.06. The van der Waals surface area contributed by atoms with Crippen LogP contribution in [-0.4, -0.2) is 21.6 Å². The van der Waals surface area contributed by atoms with Crippen molar-refractivity contribution in [2.24, 2.45) is 0 Å². The number of hydrogen-bond donors (Lipinski definition) is 2. The molecule has 0 radical (unpaired) electrons. The van der Waals surface area contributed by atoms with Crippen LogP contribution in [0.3, 0.4) is 0 Å². The summed E-state index contributed by atoms with van der Waals surface area (Å²) in [5.74, 6) is 0.880. The zero-order valence-corrected chi connectivity index (χ0v) is 12.1. The lowest BCUT2D eigenvalue weighted by molar-refractivity contribution is -0.115. The van der Waals surface area contributed by atoms with E-state index >= 15 is 0 Å². The molecule has 2 rings (SSSR count). The Bertz CT molecular complexity index is 608. The number of amides is 1. The predicted octanol–water partition coefficient (Wildman–Crippen LogP) is 2.83. The lowest BCUT2D eigenvalue weighted by Crippen LogP contribution is -2.12. The van der Waals surface area contributed by atoms with Crippen molar-refractivity contribution in [1.29, 1.82) is 0 Å². The topological polar surface area (TPSA) is 80.9 Å². The van der Waals surface area contributed by atoms with Gasteiger partial charge in [-0.2, -0.15) is 0 Å². The van der Waals surface area contributed by atoms with Gasteiger partial charge in [0.15, 0.2) is 5.82 Å². The molecule has 3 N–H and O–H groups in total. The summed E-state index contributed by atoms with van der Waals surface area (Å²) >= 11 is 7.25. The van der Waals surface area contributed by atoms with Crippen molar-refractivity contribution in [3.63, 3.8) is 0 Å². The third-order valence-corrected chi connectivity index (χ3v) is 3.60. The van der Waals surface area contributed by atoms with Gasteiger partial charge >= 0.3 is 0 Å². The second-order valence-corrected chi connectivity index (χ2v) is 5.42. The van der Waals surface area contributed by atoms with Crippen LogP contribution in [0, 0.1) is 0 Å². The predicted molar refractivity (Wildman–Crippen MR) is 81.9 cm³/mol. The molecular weight excluding hydrogens is 296 g/mol. The van der Waals surface area contributed by atoms with Crippen molar-refractivity contribution in [3.8, 4) is 0 Å². The minimum absolute atomic E-state index is 0.0813. The van der Waals surface area contributed by atoms with Crippen LogP contribution in [0.15, 0.2) is 41.7 Å². The van der Waals surface area contributed by atoms with Crippen LogP contribution in [-0.2, 0) is 4.79 Å². The van der Waals surface area contributed by atoms with E-state index in [-0.39, 0.29) is 5.91 Å². The van der Waals surface area contributed by atoms with E-state index in [9.17, 15) is 4.79 Å². The van der Waals surface area contributed by atoms with E-state index in [1.807, 2.05) is 0 Å². The van der Waals surface area contributed by atoms with Gasteiger partial charge in [-0.1, -0.05) is 17.7 Å². The number of nitrogens with zero attached hydrogens (tertiary/aromatic N) is 2. The maximum Gasteiger partial charge on any atom is 0.225 e. The van der Waals surface area contributed by atoms with Gasteiger partial charge in [-0.15, -0.1) is 11.8 Å². The summed E-state index contributed by atoms with van der Waals surface area (Å²) in [4.78, 5) is 19.8. The van der Waals surface area contributed by atoms with Gasteiger partial charge in [-0.25, -0.2) is 9.97 Å². The van der Waals surface area contributed by atoms with Crippen molar-refractivity contribution in [3.05, 3.63) is 41.7 Å². The summed E-state index contributed by atoms with van der Waals surface area (Å²) in [6, 6.07) is 7.03. The fourth-order valence-corrected chi connectivity index (χ4v) is 2.48. The number of rotatable bonds is 5. The van der Waals surface area contributed by atoms with Gasteiger partial charge in [0, 0.05) is 35.3 Å². The maximum absolute atomic E-state index is 11.8. The van der Waals surface area contributed by atoms with E-state index in [1.54, 1.807) is 30.5 Å². The minimum Gasteiger partial charge on any atom is -0.381 e. The molecule has 0 saturated carbocycles. The zero-order valence-electron chi connectivity index (χ0n) is 10.5. The van der Waals surface area contributed by atoms with Crippen LogP contribution in [0.1, 0.15) is 6.42 Å². The van der Waals surface area contributed by atoms with Crippen LogP contribution in [0.25, 0.3) is 0 Å². The lowest BCUT2D eigenvalue weighted by atomic mass is 10.3. The van der Waals surface area contributed by atoms with Gasteiger partial charge in [0.05, 0.1) is 0 Å². The molecule has 0 saturated heterocycles. The second kappa shape index (κ2) is 7.12. The normalized spacial score (nSPS) is 10.2. The first-order chi connectivity index (χ1) is 9.65. The van der Waals surface area contributed by atoms with Gasteiger partial charge in [-0.3, -0.25) is 4.79 Å². The SMILES string of the molecule is Nc1nccnc1SCCC(=O)Nc1cccc(Cl)c1. The summed E-state index contributed by atoms with van der Waals surface area (Å²) in [6.45, 7) is 0. The fraction of sp³-hybridized carbons (Fsp3) is 0.154. The summed E-state index contributed by atoms with van der Waals surface area (Å²) in [5, 5.41) is 4.01. The Morgan fingerprint density at radius 3 is 2.90 bits per heavy atom. The van der Waals surface area contributed by atoms with Gasteiger partial charge in [0.1, 0.15) is 5.03 Å². The Labute approximate surface area is 126 Å². The van der Waals surface area contributed by atoms with Crippen molar-refractivity contribution >= 4 is 40.8 Å². The van der Waals surface area contributed by atoms with E-state index in [4.69, 9.17) is 17.3 Å². The molecule has 1 aromatic carbocycles. The maximum atomic E-state index is 11.8. The van der Waals surface area contributed by atoms with Crippen LogP contribution < -0.4 is 11.1 Å². The Kier molecular flexibility index (Phi) is 5.20. The first-order valence-electron chi connectivity index (χ1n) is 5.90. The van der Waals surface area contributed by atoms with Crippen molar-refractivity contribution in [2.75, 3.05) is 16.8 Å². The summed E-state index contributed by atoms with van der Waals surface area (Å²) in [5.41, 5.74) is 6.35. The number of benzene rings is 1. The van der Waals surface area contributed by atoms with Crippen LogP contribution in [0.4, 0.5) is 11.5 Å². The van der Waals surface area contributed by atoms with E-state index in [0.29, 0.717) is 33.7 Å². The molecule has 0 bridgehead atoms. The molecule has 0 aliphatic heterocycles. The Morgan fingerprint density at radius 2 is 2.15 bits per heavy atom. The molecular formula is C13H13ClN4OS. The van der Waals surface area contributed by atoms with Crippen molar-refractivity contribution in [2.45, 2.75) is 11.4 Å². The highest BCUT2D eigenvalue weighted by Crippen LogP contribution is 2.21. The zero-order chi connectivity index (χ0) is 14.4. The number of aromatic nitrogens is 2. The lowest BCUT2D eigenvalue weighted by Gasteiger charge is -2.05. The number of nitrogens with one attached hydrogen (secondary N) is 1. The molecule has 0 fully saturated rings. The minimum atomic E-state index is -0.0813. The summed E-state index contributed by atoms with van der Waals surface area (Å²) in [6.07, 6.45) is 3.46. The summed E-state index contributed by atoms with van der Waals surface area (Å²) in [7, 11) is 0. The van der Waals surface area contributed by atoms with E-state index in [2.05, 4.69) is 15.3 Å². The highest BCUT2D eigenvalue weighted by molar-refractivity contribution is 7.99. The van der Waals surface area contributed by atoms with Gasteiger partial charge in [-0.05, 0) is 18.2 Å². The Hall–Kier alpha value is -1.79. The first kappa shape index (κ1) is 14.6. The second-order valence-electron chi connectivity index (χ2n) is 3.90. The quantitative estimate of drug-likeness (QED) is 0.830. The molecule has 20 heavy (non-hydrogen) atoms. The van der Waals surface area contributed by atoms with Crippen molar-refractivity contribution < 1.29 is 4.79 Å². The molecule has 0 unspecified atom stereocenters. The molecule has 1 aromatic heterocycles. The van der Waals surface area contributed by atoms with Gasteiger partial charge in [0.2, 0.25) is 5.91 Å². The molecule has 1 amide bonds. The number of hydrogen-bond acceptors (Lipinski definition) is 5. The third-order valence-electron chi connectivity index (χ3n) is 2.37. The smallest absolute Gasteiger partial charge is 0.225 e. The molecule has 1 heterocycles. The molecule has 0 aliphatic carbocycles. The van der Waals surface area contributed by atoms with E-state index in [1.165, 1.54) is 18.0 Å². The van der Waals surface area contributed by atoms with Crippen molar-refractivity contribution in [1.82, 2.24) is 9.97 Å². The largest absolute Gasteiger partial charge is 0.381 e. The number of thioether (sulfide) groups is 1. The average Bonchev–Trinajstić information content (AvgIpc) is 2.41. The third kappa shape index (κ3) is 4.40. The number of nitrogen functional groups attached to an aromatic ring is 1. The van der Waals surface area contributed by atoms with Gasteiger partial charge < -0.3 is 11.1 Å². The van der Waals surface area contributed by atoms with E-state index in [0.717, 1.165) is 0 Å². The standard InChI is InChI=1S/C13H13ClN4OS/c14-9-2-1-3-10(8-9)18-11(19)4-7-20-13-12(15)16-5-6-17-13/h1-3,5-6,8H,4,7H2,(H2,15,16)(H,18,19). The number of carbonyl (C=O) groups excluding carboxylic acids is 1.